The molecule has 4 rings (SSSR count). The van der Waals surface area contributed by atoms with Gasteiger partial charge in [-0.1, -0.05) is 48.0 Å². The van der Waals surface area contributed by atoms with Crippen LogP contribution in [0.3, 0.4) is 0 Å². The molecule has 2 amide bonds. The number of ether oxygens (including phenoxy) is 1. The average molecular weight is 602 g/mol. The van der Waals surface area contributed by atoms with Gasteiger partial charge >= 0.3 is 6.18 Å². The van der Waals surface area contributed by atoms with Crippen molar-refractivity contribution in [2.45, 2.75) is 12.2 Å². The molecule has 5 N–H and O–H groups in total. The number of morpholine rings is 1. The molecule has 8 nitrogen and oxygen atoms in total. The summed E-state index contributed by atoms with van der Waals surface area (Å²) in [6.07, 6.45) is -1.60. The lowest BCUT2D eigenvalue weighted by atomic mass is 10.0. The Bertz CT molecular complexity index is 1410. The zero-order valence-corrected chi connectivity index (χ0v) is 23.3. The van der Waals surface area contributed by atoms with Crippen molar-refractivity contribution in [3.05, 3.63) is 94.5 Å². The van der Waals surface area contributed by atoms with E-state index in [2.05, 4.69) is 20.9 Å². The molecule has 1 atom stereocenters. The molecule has 0 spiro atoms. The van der Waals surface area contributed by atoms with Crippen LogP contribution in [0.1, 0.15) is 22.7 Å². The smallest absolute Gasteiger partial charge is 0.397 e. The summed E-state index contributed by atoms with van der Waals surface area (Å²) in [6, 6.07) is 16.2. The second-order valence-electron chi connectivity index (χ2n) is 9.60. The molecule has 1 fully saturated rings. The van der Waals surface area contributed by atoms with Gasteiger partial charge in [-0.3, -0.25) is 14.5 Å². The highest BCUT2D eigenvalue weighted by Gasteiger charge is 2.33. The number of hydrogen-bond donors (Lipinski definition) is 4. The molecule has 0 saturated carbocycles. The van der Waals surface area contributed by atoms with E-state index in [0.29, 0.717) is 43.2 Å². The van der Waals surface area contributed by atoms with Gasteiger partial charge in [-0.2, -0.15) is 13.2 Å². The monoisotopic (exact) mass is 601 g/mol. The van der Waals surface area contributed by atoms with Crippen molar-refractivity contribution in [2.75, 3.05) is 55.8 Å². The largest absolute Gasteiger partial charge is 0.417 e. The van der Waals surface area contributed by atoms with Crippen LogP contribution in [0.25, 0.3) is 6.08 Å². The number of halogens is 4. The molecule has 1 unspecified atom stereocenters. The molecule has 3 aromatic carbocycles. The first kappa shape index (κ1) is 31.0. The number of amides is 2. The maximum Gasteiger partial charge on any atom is 0.417 e. The van der Waals surface area contributed by atoms with Crippen molar-refractivity contribution in [2.24, 2.45) is 0 Å². The van der Waals surface area contributed by atoms with Crippen LogP contribution in [-0.2, 0) is 20.5 Å². The number of rotatable bonds is 10. The van der Waals surface area contributed by atoms with E-state index < -0.39 is 28.7 Å². The number of para-hydroxylation sites is 2. The maximum absolute atomic E-state index is 13.3. The Balaban J connectivity index is 1.45. The Morgan fingerprint density at radius 2 is 1.74 bits per heavy atom. The fraction of sp³-hybridized carbons (Fsp3) is 0.267. The van der Waals surface area contributed by atoms with Crippen LogP contribution in [0, 0.1) is 0 Å². The summed E-state index contributed by atoms with van der Waals surface area (Å²) in [7, 11) is 0. The summed E-state index contributed by atoms with van der Waals surface area (Å²) < 4.78 is 44.7. The van der Waals surface area contributed by atoms with E-state index in [4.69, 9.17) is 22.1 Å². The van der Waals surface area contributed by atoms with Crippen molar-refractivity contribution >= 4 is 46.6 Å². The molecule has 3 aromatic rings. The second kappa shape index (κ2) is 14.3. The predicted molar refractivity (Wildman–Crippen MR) is 158 cm³/mol. The molecule has 222 valence electrons. The SMILES string of the molecule is Nc1ccccc1NC(=O)C=Cc1ccc(C(NCCN2CCOCC2)C(=O)Nc2ccc(C(F)(F)F)c(Cl)c2)cc1. The minimum absolute atomic E-state index is 0.141. The first-order chi connectivity index (χ1) is 20.1. The first-order valence-corrected chi connectivity index (χ1v) is 13.6. The lowest BCUT2D eigenvalue weighted by Gasteiger charge is -2.27. The Labute approximate surface area is 246 Å². The molecule has 1 aliphatic rings. The maximum atomic E-state index is 13.3. The number of alkyl halides is 3. The highest BCUT2D eigenvalue weighted by atomic mass is 35.5. The van der Waals surface area contributed by atoms with E-state index in [-0.39, 0.29) is 11.6 Å². The summed E-state index contributed by atoms with van der Waals surface area (Å²) in [5.41, 5.74) is 7.34. The molecule has 42 heavy (non-hydrogen) atoms. The Morgan fingerprint density at radius 3 is 2.40 bits per heavy atom. The molecule has 0 aromatic heterocycles. The molecule has 0 radical (unpaired) electrons. The number of carbonyl (C=O) groups excluding carboxylic acids is 2. The van der Waals surface area contributed by atoms with Crippen LogP contribution < -0.4 is 21.7 Å². The van der Waals surface area contributed by atoms with Gasteiger partial charge in [-0.25, -0.2) is 0 Å². The number of hydrogen-bond acceptors (Lipinski definition) is 6. The average Bonchev–Trinajstić information content (AvgIpc) is 2.96. The van der Waals surface area contributed by atoms with Crippen LogP contribution in [0.15, 0.2) is 72.8 Å². The van der Waals surface area contributed by atoms with Crippen LogP contribution in [0.4, 0.5) is 30.2 Å². The number of nitrogen functional groups attached to an aromatic ring is 1. The van der Waals surface area contributed by atoms with Gasteiger partial charge in [0.05, 0.1) is 35.2 Å². The minimum atomic E-state index is -4.60. The van der Waals surface area contributed by atoms with Crippen molar-refractivity contribution in [3.63, 3.8) is 0 Å². The van der Waals surface area contributed by atoms with Gasteiger partial charge in [0, 0.05) is 37.9 Å². The Hall–Kier alpha value is -3.90. The molecule has 1 saturated heterocycles. The topological polar surface area (TPSA) is 109 Å². The Kier molecular flexibility index (Phi) is 10.6. The quantitative estimate of drug-likeness (QED) is 0.188. The van der Waals surface area contributed by atoms with Crippen molar-refractivity contribution in [1.29, 1.82) is 0 Å². The summed E-state index contributed by atoms with van der Waals surface area (Å²) in [6.45, 7) is 4.02. The van der Waals surface area contributed by atoms with Crippen molar-refractivity contribution in [3.8, 4) is 0 Å². The number of nitrogens with one attached hydrogen (secondary N) is 3. The van der Waals surface area contributed by atoms with Crippen LogP contribution >= 0.6 is 11.6 Å². The third-order valence-electron chi connectivity index (χ3n) is 6.60. The fourth-order valence-electron chi connectivity index (χ4n) is 4.35. The summed E-state index contributed by atoms with van der Waals surface area (Å²) in [5.74, 6) is -0.815. The van der Waals surface area contributed by atoms with Gasteiger partial charge in [0.2, 0.25) is 11.8 Å². The Morgan fingerprint density at radius 1 is 1.02 bits per heavy atom. The molecule has 12 heteroatoms. The lowest BCUT2D eigenvalue weighted by molar-refractivity contribution is -0.137. The van der Waals surface area contributed by atoms with E-state index >= 15 is 0 Å². The number of carbonyl (C=O) groups is 2. The van der Waals surface area contributed by atoms with E-state index in [1.165, 1.54) is 12.1 Å². The van der Waals surface area contributed by atoms with Crippen molar-refractivity contribution < 1.29 is 27.5 Å². The van der Waals surface area contributed by atoms with Gasteiger partial charge in [0.25, 0.3) is 0 Å². The normalized spacial score (nSPS) is 15.0. The minimum Gasteiger partial charge on any atom is -0.397 e. The second-order valence-corrected chi connectivity index (χ2v) is 10.0. The van der Waals surface area contributed by atoms with Gasteiger partial charge in [0.1, 0.15) is 6.04 Å². The first-order valence-electron chi connectivity index (χ1n) is 13.2. The molecular formula is C30H31ClF3N5O3. The lowest BCUT2D eigenvalue weighted by Crippen LogP contribution is -2.42. The number of nitrogens with zero attached hydrogens (tertiary/aromatic N) is 1. The highest BCUT2D eigenvalue weighted by Crippen LogP contribution is 2.36. The molecule has 1 heterocycles. The van der Waals surface area contributed by atoms with E-state index in [1.807, 2.05) is 0 Å². The summed E-state index contributed by atoms with van der Waals surface area (Å²) >= 11 is 5.84. The predicted octanol–water partition coefficient (Wildman–Crippen LogP) is 5.19. The van der Waals surface area contributed by atoms with Crippen LogP contribution in [0.5, 0.6) is 0 Å². The van der Waals surface area contributed by atoms with Gasteiger partial charge < -0.3 is 26.4 Å². The number of nitrogens with two attached hydrogens (primary N) is 1. The summed E-state index contributed by atoms with van der Waals surface area (Å²) in [5, 5.41) is 8.13. The number of benzene rings is 3. The third kappa shape index (κ3) is 8.80. The number of anilines is 3. The van der Waals surface area contributed by atoms with E-state index in [0.717, 1.165) is 30.8 Å². The van der Waals surface area contributed by atoms with E-state index in [1.54, 1.807) is 54.6 Å². The summed E-state index contributed by atoms with van der Waals surface area (Å²) in [4.78, 5) is 27.9. The molecule has 1 aliphatic heterocycles. The van der Waals surface area contributed by atoms with Crippen LogP contribution in [-0.4, -0.2) is 56.1 Å². The van der Waals surface area contributed by atoms with Gasteiger partial charge in [-0.15, -0.1) is 0 Å². The van der Waals surface area contributed by atoms with E-state index in [9.17, 15) is 22.8 Å². The standard InChI is InChI=1S/C30H31ClF3N5O3/c31-24-19-22(10-11-23(24)30(32,33)34)37-29(41)28(36-13-14-39-15-17-42-18-16-39)21-8-5-20(6-9-21)7-12-27(40)38-26-4-2-1-3-25(26)35/h1-12,19,28,36H,13-18,35H2,(H,37,41)(H,38,40). The zero-order valence-electron chi connectivity index (χ0n) is 22.6. The van der Waals surface area contributed by atoms with Gasteiger partial charge in [0.15, 0.2) is 0 Å². The molecule has 0 bridgehead atoms. The van der Waals surface area contributed by atoms with Gasteiger partial charge in [-0.05, 0) is 47.5 Å². The zero-order chi connectivity index (χ0) is 30.1. The third-order valence-corrected chi connectivity index (χ3v) is 6.91. The van der Waals surface area contributed by atoms with Crippen LogP contribution in [0.2, 0.25) is 5.02 Å². The van der Waals surface area contributed by atoms with Crippen molar-refractivity contribution in [1.82, 2.24) is 10.2 Å². The fourth-order valence-corrected chi connectivity index (χ4v) is 4.64. The highest BCUT2D eigenvalue weighted by molar-refractivity contribution is 6.31. The molecule has 0 aliphatic carbocycles. The molecular weight excluding hydrogens is 571 g/mol.